The summed E-state index contributed by atoms with van der Waals surface area (Å²) in [5, 5.41) is 0. The molecule has 0 saturated heterocycles. The van der Waals surface area contributed by atoms with Crippen molar-refractivity contribution in [3.63, 3.8) is 0 Å². The first-order valence-corrected chi connectivity index (χ1v) is 12.6. The Morgan fingerprint density at radius 1 is 0.553 bits per heavy atom. The number of hydrogen-bond acceptors (Lipinski definition) is 2. The van der Waals surface area contributed by atoms with Gasteiger partial charge in [0.05, 0.1) is 0 Å². The maximum Gasteiger partial charge on any atom is 0.0461 e. The lowest BCUT2D eigenvalue weighted by Gasteiger charge is -2.27. The molecule has 38 heavy (non-hydrogen) atoms. The molecule has 2 nitrogen and oxygen atoms in total. The summed E-state index contributed by atoms with van der Waals surface area (Å²) >= 11 is 0. The van der Waals surface area contributed by atoms with Crippen LogP contribution in [0.1, 0.15) is 19.4 Å². The van der Waals surface area contributed by atoms with Crippen LogP contribution in [0.25, 0.3) is 5.57 Å². The van der Waals surface area contributed by atoms with Gasteiger partial charge >= 0.3 is 0 Å². The summed E-state index contributed by atoms with van der Waals surface area (Å²) in [5.41, 5.74) is 8.43. The van der Waals surface area contributed by atoms with Crippen molar-refractivity contribution in [3.8, 4) is 0 Å². The van der Waals surface area contributed by atoms with Crippen LogP contribution in [0.2, 0.25) is 0 Å². The van der Waals surface area contributed by atoms with Gasteiger partial charge in [0.15, 0.2) is 0 Å². The molecule has 0 atom stereocenters. The first-order chi connectivity index (χ1) is 18.5. The van der Waals surface area contributed by atoms with E-state index in [1.54, 1.807) is 12.2 Å². The van der Waals surface area contributed by atoms with Gasteiger partial charge < -0.3 is 9.80 Å². The first kappa shape index (κ1) is 27.8. The maximum atomic E-state index is 4.11. The van der Waals surface area contributed by atoms with E-state index >= 15 is 0 Å². The van der Waals surface area contributed by atoms with Crippen molar-refractivity contribution in [2.24, 2.45) is 0 Å². The molecule has 0 aliphatic heterocycles. The Kier molecular flexibility index (Phi) is 10.3. The minimum atomic E-state index is 0.941. The Balaban J connectivity index is 1.97. The molecular formula is C36H36N2. The van der Waals surface area contributed by atoms with Crippen molar-refractivity contribution in [1.82, 2.24) is 0 Å². The summed E-state index contributed by atoms with van der Waals surface area (Å²) in [6.07, 6.45) is 15.4. The number of hydrogen-bond donors (Lipinski definition) is 0. The molecule has 0 bridgehead atoms. The lowest BCUT2D eigenvalue weighted by atomic mass is 10.1. The van der Waals surface area contributed by atoms with Crippen molar-refractivity contribution >= 4 is 22.6 Å². The topological polar surface area (TPSA) is 6.48 Å². The molecule has 0 N–H and O–H groups in total. The molecule has 3 rings (SSSR count). The molecule has 0 aromatic heterocycles. The van der Waals surface area contributed by atoms with Gasteiger partial charge in [-0.2, -0.15) is 0 Å². The molecule has 2 heteroatoms. The van der Waals surface area contributed by atoms with E-state index in [0.29, 0.717) is 0 Å². The van der Waals surface area contributed by atoms with Crippen LogP contribution < -0.4 is 9.80 Å². The van der Waals surface area contributed by atoms with E-state index in [2.05, 4.69) is 104 Å². The Morgan fingerprint density at radius 3 is 1.55 bits per heavy atom. The molecule has 0 aliphatic carbocycles. The second-order valence-corrected chi connectivity index (χ2v) is 8.61. The number of allylic oxidation sites excluding steroid dienone is 10. The van der Waals surface area contributed by atoms with E-state index in [-0.39, 0.29) is 0 Å². The third-order valence-corrected chi connectivity index (χ3v) is 6.05. The van der Waals surface area contributed by atoms with Gasteiger partial charge in [-0.15, -0.1) is 0 Å². The molecule has 0 spiro atoms. The zero-order chi connectivity index (χ0) is 27.3. The zero-order valence-electron chi connectivity index (χ0n) is 22.4. The predicted molar refractivity (Wildman–Crippen MR) is 168 cm³/mol. The fourth-order valence-electron chi connectivity index (χ4n) is 4.17. The summed E-state index contributed by atoms with van der Waals surface area (Å²) in [6, 6.07) is 29.2. The Hall–Kier alpha value is -4.82. The minimum Gasteiger partial charge on any atom is -0.315 e. The Morgan fingerprint density at radius 2 is 1.08 bits per heavy atom. The van der Waals surface area contributed by atoms with Gasteiger partial charge in [0, 0.05) is 34.2 Å². The molecule has 190 valence electrons. The molecule has 0 unspecified atom stereocenters. The number of anilines is 3. The van der Waals surface area contributed by atoms with Gasteiger partial charge in [-0.05, 0) is 91.8 Å². The van der Waals surface area contributed by atoms with Crippen LogP contribution in [0.3, 0.4) is 0 Å². The normalized spacial score (nSPS) is 12.5. The average molecular weight is 497 g/mol. The molecule has 3 aromatic carbocycles. The number of nitrogens with zero attached hydrogens (tertiary/aromatic N) is 2. The fourth-order valence-corrected chi connectivity index (χ4v) is 4.17. The highest BCUT2D eigenvalue weighted by atomic mass is 15.2. The van der Waals surface area contributed by atoms with Crippen LogP contribution in [-0.2, 0) is 0 Å². The summed E-state index contributed by atoms with van der Waals surface area (Å²) in [5.74, 6) is 0. The standard InChI is InChI=1S/C36H36N2/c1-7-17-30(6)37(32(9-3)18-8-2)36-27-24-31(25-28-36)29(5)23-26-33(10-4)38(34-19-13-11-14-20-34)35-21-15-12-16-22-35/h7-28H,1-4H2,5-6H3/b29-23+,30-17+,32-18+,33-26+. The fraction of sp³-hybridized carbons (Fsp3) is 0.0556. The lowest BCUT2D eigenvalue weighted by Crippen LogP contribution is -2.19. The molecule has 0 fully saturated rings. The number of benzene rings is 3. The highest BCUT2D eigenvalue weighted by Gasteiger charge is 2.13. The number of rotatable bonds is 12. The van der Waals surface area contributed by atoms with Crippen LogP contribution in [0.15, 0.2) is 177 Å². The Bertz CT molecular complexity index is 1330. The monoisotopic (exact) mass is 496 g/mol. The summed E-state index contributed by atoms with van der Waals surface area (Å²) < 4.78 is 0. The van der Waals surface area contributed by atoms with Gasteiger partial charge in [0.25, 0.3) is 0 Å². The second-order valence-electron chi connectivity index (χ2n) is 8.61. The molecule has 0 saturated carbocycles. The maximum absolute atomic E-state index is 4.11. The lowest BCUT2D eigenvalue weighted by molar-refractivity contribution is 1.10. The van der Waals surface area contributed by atoms with Crippen molar-refractivity contribution in [1.29, 1.82) is 0 Å². The van der Waals surface area contributed by atoms with Crippen LogP contribution in [0, 0.1) is 0 Å². The second kappa shape index (κ2) is 14.1. The molecular weight excluding hydrogens is 460 g/mol. The zero-order valence-corrected chi connectivity index (χ0v) is 22.4. The van der Waals surface area contributed by atoms with Crippen molar-refractivity contribution in [2.45, 2.75) is 13.8 Å². The third kappa shape index (κ3) is 6.89. The van der Waals surface area contributed by atoms with E-state index in [4.69, 9.17) is 0 Å². The van der Waals surface area contributed by atoms with Crippen molar-refractivity contribution in [3.05, 3.63) is 183 Å². The van der Waals surface area contributed by atoms with Crippen molar-refractivity contribution in [2.75, 3.05) is 9.80 Å². The van der Waals surface area contributed by atoms with E-state index in [1.165, 1.54) is 0 Å². The molecule has 3 aromatic rings. The van der Waals surface area contributed by atoms with E-state index in [0.717, 1.165) is 45.3 Å². The van der Waals surface area contributed by atoms with Crippen LogP contribution in [0.5, 0.6) is 0 Å². The largest absolute Gasteiger partial charge is 0.315 e. The number of para-hydroxylation sites is 2. The summed E-state index contributed by atoms with van der Waals surface area (Å²) in [6.45, 7) is 20.0. The molecule has 0 aliphatic rings. The van der Waals surface area contributed by atoms with Gasteiger partial charge in [-0.3, -0.25) is 0 Å². The molecule has 0 amide bonds. The smallest absolute Gasteiger partial charge is 0.0461 e. The third-order valence-electron chi connectivity index (χ3n) is 6.05. The van der Waals surface area contributed by atoms with Crippen LogP contribution >= 0.6 is 0 Å². The van der Waals surface area contributed by atoms with E-state index in [9.17, 15) is 0 Å². The van der Waals surface area contributed by atoms with Crippen molar-refractivity contribution < 1.29 is 0 Å². The SMILES string of the molecule is C=C/C=C(\C)N(/C(C=C)=C/C=C)c1ccc(/C(C)=C/C=C(\C=C)N(c2ccccc2)c2ccccc2)cc1. The minimum absolute atomic E-state index is 0.941. The van der Waals surface area contributed by atoms with E-state index < -0.39 is 0 Å². The molecule has 0 radical (unpaired) electrons. The summed E-state index contributed by atoms with van der Waals surface area (Å²) in [4.78, 5) is 4.34. The van der Waals surface area contributed by atoms with Gasteiger partial charge in [0.1, 0.15) is 0 Å². The highest BCUT2D eigenvalue weighted by molar-refractivity contribution is 5.73. The van der Waals surface area contributed by atoms with Crippen LogP contribution in [0.4, 0.5) is 17.1 Å². The van der Waals surface area contributed by atoms with Gasteiger partial charge in [-0.1, -0.05) is 93.1 Å². The van der Waals surface area contributed by atoms with Gasteiger partial charge in [-0.25, -0.2) is 0 Å². The van der Waals surface area contributed by atoms with Crippen LogP contribution in [-0.4, -0.2) is 0 Å². The first-order valence-electron chi connectivity index (χ1n) is 12.6. The van der Waals surface area contributed by atoms with Gasteiger partial charge in [0.2, 0.25) is 0 Å². The summed E-state index contributed by atoms with van der Waals surface area (Å²) in [7, 11) is 0. The highest BCUT2D eigenvalue weighted by Crippen LogP contribution is 2.31. The van der Waals surface area contributed by atoms with E-state index in [1.807, 2.05) is 67.6 Å². The quantitative estimate of drug-likeness (QED) is 0.230. The Labute approximate surface area is 228 Å². The predicted octanol–water partition coefficient (Wildman–Crippen LogP) is 10.2. The average Bonchev–Trinajstić information content (AvgIpc) is 2.96. The molecule has 0 heterocycles.